The fourth-order valence-electron chi connectivity index (χ4n) is 1.91. The van der Waals surface area contributed by atoms with Crippen LogP contribution in [0, 0.1) is 0 Å². The molecule has 0 radical (unpaired) electrons. The number of hydrogen-bond donors (Lipinski definition) is 1. The highest BCUT2D eigenvalue weighted by Crippen LogP contribution is 2.51. The Hall–Kier alpha value is -1.48. The van der Waals surface area contributed by atoms with Crippen LogP contribution in [0.25, 0.3) is 0 Å². The average molecular weight is 256 g/mol. The molecule has 1 aliphatic rings. The number of anilines is 1. The van der Waals surface area contributed by atoms with Crippen LogP contribution in [0.2, 0.25) is 0 Å². The molecule has 0 spiro atoms. The molecule has 3 rings (SSSR count). The highest BCUT2D eigenvalue weighted by atomic mass is 32.2. The number of benzene rings is 1. The molecular formula is C15H16N2S. The zero-order valence-electron chi connectivity index (χ0n) is 10.2. The lowest BCUT2D eigenvalue weighted by Gasteiger charge is -2.16. The Morgan fingerprint density at radius 3 is 2.50 bits per heavy atom. The monoisotopic (exact) mass is 256 g/mol. The van der Waals surface area contributed by atoms with Gasteiger partial charge in [-0.3, -0.25) is 0 Å². The Labute approximate surface area is 112 Å². The fourth-order valence-corrected chi connectivity index (χ4v) is 3.16. The van der Waals surface area contributed by atoms with Gasteiger partial charge in [0.25, 0.3) is 0 Å². The van der Waals surface area contributed by atoms with E-state index in [4.69, 9.17) is 0 Å². The summed E-state index contributed by atoms with van der Waals surface area (Å²) in [4.78, 5) is 5.66. The minimum Gasteiger partial charge on any atom is -0.369 e. The van der Waals surface area contributed by atoms with Crippen LogP contribution < -0.4 is 5.32 Å². The fraction of sp³-hybridized carbons (Fsp3) is 0.267. The maximum atomic E-state index is 4.30. The normalized spacial score (nSPS) is 16.2. The average Bonchev–Trinajstić information content (AvgIpc) is 3.19. The van der Waals surface area contributed by atoms with Gasteiger partial charge in [0, 0.05) is 22.4 Å². The largest absolute Gasteiger partial charge is 0.369 e. The van der Waals surface area contributed by atoms with E-state index < -0.39 is 0 Å². The zero-order chi connectivity index (χ0) is 12.3. The summed E-state index contributed by atoms with van der Waals surface area (Å²) in [6.45, 7) is 0.990. The number of hydrogen-bond acceptors (Lipinski definition) is 3. The quantitative estimate of drug-likeness (QED) is 0.880. The molecule has 0 amide bonds. The predicted molar refractivity (Wildman–Crippen MR) is 77.0 cm³/mol. The van der Waals surface area contributed by atoms with Crippen molar-refractivity contribution in [1.82, 2.24) is 4.98 Å². The molecule has 0 aliphatic heterocycles. The summed E-state index contributed by atoms with van der Waals surface area (Å²) in [7, 11) is 0. The first-order valence-corrected chi connectivity index (χ1v) is 7.07. The third kappa shape index (κ3) is 2.85. The van der Waals surface area contributed by atoms with Gasteiger partial charge in [0.15, 0.2) is 0 Å². The molecule has 3 heteroatoms. The lowest BCUT2D eigenvalue weighted by Crippen LogP contribution is -2.18. The Balaban J connectivity index is 1.59. The molecule has 1 fully saturated rings. The zero-order valence-corrected chi connectivity index (χ0v) is 11.0. The number of nitrogens with one attached hydrogen (secondary N) is 1. The van der Waals surface area contributed by atoms with Crippen LogP contribution in [-0.2, 0) is 0 Å². The maximum absolute atomic E-state index is 4.30. The van der Waals surface area contributed by atoms with E-state index in [0.29, 0.717) is 4.75 Å². The van der Waals surface area contributed by atoms with Crippen LogP contribution in [0.1, 0.15) is 12.8 Å². The summed E-state index contributed by atoms with van der Waals surface area (Å²) in [6.07, 6.45) is 4.39. The smallest absolute Gasteiger partial charge is 0.125 e. The second-order valence-electron chi connectivity index (χ2n) is 4.67. The Morgan fingerprint density at radius 1 is 1.06 bits per heavy atom. The molecule has 1 aliphatic carbocycles. The molecule has 2 aromatic rings. The summed E-state index contributed by atoms with van der Waals surface area (Å²) in [5.41, 5.74) is 0. The van der Waals surface area contributed by atoms with Crippen LogP contribution in [0.4, 0.5) is 5.82 Å². The highest BCUT2D eigenvalue weighted by molar-refractivity contribution is 8.01. The van der Waals surface area contributed by atoms with Crippen LogP contribution in [-0.4, -0.2) is 16.3 Å². The van der Waals surface area contributed by atoms with Crippen LogP contribution in [0.5, 0.6) is 0 Å². The summed E-state index contributed by atoms with van der Waals surface area (Å²) < 4.78 is 0.374. The Bertz CT molecular complexity index is 494. The third-order valence-corrected chi connectivity index (χ3v) is 4.64. The predicted octanol–water partition coefficient (Wildman–Crippen LogP) is 3.82. The van der Waals surface area contributed by atoms with Crippen molar-refractivity contribution in [3.05, 3.63) is 54.7 Å². The minimum atomic E-state index is 0.374. The maximum Gasteiger partial charge on any atom is 0.125 e. The first-order valence-electron chi connectivity index (χ1n) is 6.25. The molecule has 18 heavy (non-hydrogen) atoms. The van der Waals surface area contributed by atoms with Gasteiger partial charge in [-0.1, -0.05) is 24.3 Å². The van der Waals surface area contributed by atoms with Crippen molar-refractivity contribution >= 4 is 17.6 Å². The van der Waals surface area contributed by atoms with Gasteiger partial charge < -0.3 is 5.32 Å². The van der Waals surface area contributed by atoms with Gasteiger partial charge in [-0.25, -0.2) is 4.98 Å². The van der Waals surface area contributed by atoms with Gasteiger partial charge in [0.1, 0.15) is 5.82 Å². The molecule has 1 saturated carbocycles. The van der Waals surface area contributed by atoms with Crippen molar-refractivity contribution < 1.29 is 0 Å². The van der Waals surface area contributed by atoms with Crippen molar-refractivity contribution in [3.63, 3.8) is 0 Å². The van der Waals surface area contributed by atoms with Gasteiger partial charge >= 0.3 is 0 Å². The van der Waals surface area contributed by atoms with Crippen molar-refractivity contribution in [1.29, 1.82) is 0 Å². The van der Waals surface area contributed by atoms with E-state index in [-0.39, 0.29) is 0 Å². The van der Waals surface area contributed by atoms with Gasteiger partial charge in [0.2, 0.25) is 0 Å². The molecule has 2 nitrogen and oxygen atoms in total. The number of pyridine rings is 1. The number of rotatable bonds is 5. The van der Waals surface area contributed by atoms with E-state index >= 15 is 0 Å². The SMILES string of the molecule is c1ccc(SC2(CNc3ccccn3)CC2)cc1. The minimum absolute atomic E-state index is 0.374. The third-order valence-electron chi connectivity index (χ3n) is 3.14. The van der Waals surface area contributed by atoms with Gasteiger partial charge in [-0.2, -0.15) is 0 Å². The molecule has 1 N–H and O–H groups in total. The van der Waals surface area contributed by atoms with E-state index in [0.717, 1.165) is 12.4 Å². The highest BCUT2D eigenvalue weighted by Gasteiger charge is 2.43. The Morgan fingerprint density at radius 2 is 1.83 bits per heavy atom. The number of nitrogens with zero attached hydrogens (tertiary/aromatic N) is 1. The molecule has 0 atom stereocenters. The van der Waals surface area contributed by atoms with E-state index in [1.165, 1.54) is 17.7 Å². The molecule has 1 aromatic heterocycles. The van der Waals surface area contributed by atoms with Gasteiger partial charge in [-0.15, -0.1) is 11.8 Å². The molecule has 1 heterocycles. The van der Waals surface area contributed by atoms with Gasteiger partial charge in [-0.05, 0) is 37.1 Å². The van der Waals surface area contributed by atoms with Crippen LogP contribution >= 0.6 is 11.8 Å². The lowest BCUT2D eigenvalue weighted by molar-refractivity contribution is 0.936. The number of thioether (sulfide) groups is 1. The second-order valence-corrected chi connectivity index (χ2v) is 6.21. The molecule has 0 saturated heterocycles. The van der Waals surface area contributed by atoms with Gasteiger partial charge in [0.05, 0.1) is 0 Å². The lowest BCUT2D eigenvalue weighted by atomic mass is 10.4. The molecule has 1 aromatic carbocycles. The second kappa shape index (κ2) is 5.02. The van der Waals surface area contributed by atoms with E-state index in [9.17, 15) is 0 Å². The van der Waals surface area contributed by atoms with E-state index in [1.54, 1.807) is 0 Å². The molecule has 0 bridgehead atoms. The molecule has 92 valence electrons. The van der Waals surface area contributed by atoms with Crippen molar-refractivity contribution in [3.8, 4) is 0 Å². The topological polar surface area (TPSA) is 24.9 Å². The molecule has 0 unspecified atom stereocenters. The first-order chi connectivity index (χ1) is 8.86. The summed E-state index contributed by atoms with van der Waals surface area (Å²) in [6, 6.07) is 16.6. The number of aromatic nitrogens is 1. The van der Waals surface area contributed by atoms with Crippen molar-refractivity contribution in [2.24, 2.45) is 0 Å². The van der Waals surface area contributed by atoms with Crippen molar-refractivity contribution in [2.45, 2.75) is 22.5 Å². The van der Waals surface area contributed by atoms with Crippen LogP contribution in [0.15, 0.2) is 59.6 Å². The first kappa shape index (κ1) is 11.6. The Kier molecular flexibility index (Phi) is 3.24. The standard InChI is InChI=1S/C15H16N2S/c1-2-6-13(7-3-1)18-15(9-10-15)12-17-14-8-4-5-11-16-14/h1-8,11H,9-10,12H2,(H,16,17). The summed E-state index contributed by atoms with van der Waals surface area (Å²) in [5, 5.41) is 3.44. The summed E-state index contributed by atoms with van der Waals surface area (Å²) in [5.74, 6) is 0.970. The van der Waals surface area contributed by atoms with E-state index in [2.05, 4.69) is 40.6 Å². The van der Waals surface area contributed by atoms with Crippen molar-refractivity contribution in [2.75, 3.05) is 11.9 Å². The summed E-state index contributed by atoms with van der Waals surface area (Å²) >= 11 is 1.99. The van der Waals surface area contributed by atoms with Crippen LogP contribution in [0.3, 0.4) is 0 Å². The van der Waals surface area contributed by atoms with E-state index in [1.807, 2.05) is 36.2 Å². The molecular weight excluding hydrogens is 240 g/mol.